The predicted molar refractivity (Wildman–Crippen MR) is 44.2 cm³/mol. The highest BCUT2D eigenvalue weighted by molar-refractivity contribution is 6.30. The molecule has 0 saturated carbocycles. The van der Waals surface area contributed by atoms with Crippen LogP contribution in [0.2, 0.25) is 5.02 Å². The van der Waals surface area contributed by atoms with Crippen molar-refractivity contribution in [1.29, 1.82) is 0 Å². The van der Waals surface area contributed by atoms with Crippen molar-refractivity contribution < 1.29 is 9.90 Å². The van der Waals surface area contributed by atoms with Gasteiger partial charge >= 0.3 is 5.97 Å². The second-order valence-corrected chi connectivity index (χ2v) is 3.02. The zero-order valence-corrected chi connectivity index (χ0v) is 7.32. The third-order valence-corrected chi connectivity index (χ3v) is 1.69. The van der Waals surface area contributed by atoms with Gasteiger partial charge in [0.15, 0.2) is 0 Å². The Labute approximate surface area is 74.8 Å². The number of rotatable bonds is 3. The van der Waals surface area contributed by atoms with Crippen LogP contribution in [0.1, 0.15) is 19.4 Å². The number of aromatic nitrogens is 2. The normalized spacial score (nSPS) is 12.8. The molecule has 66 valence electrons. The number of hydrogen-bond donors (Lipinski definition) is 1. The van der Waals surface area contributed by atoms with Crippen molar-refractivity contribution in [3.63, 3.8) is 0 Å². The Hall–Kier alpha value is -1.03. The van der Waals surface area contributed by atoms with Crippen LogP contribution in [0.3, 0.4) is 0 Å². The van der Waals surface area contributed by atoms with Crippen LogP contribution in [0.15, 0.2) is 12.4 Å². The number of aliphatic carboxylic acids is 1. The summed E-state index contributed by atoms with van der Waals surface area (Å²) >= 11 is 5.61. The van der Waals surface area contributed by atoms with E-state index in [0.717, 1.165) is 0 Å². The lowest BCUT2D eigenvalue weighted by Gasteiger charge is -2.07. The maximum Gasteiger partial charge on any atom is 0.305 e. The van der Waals surface area contributed by atoms with Crippen LogP contribution < -0.4 is 0 Å². The smallest absolute Gasteiger partial charge is 0.305 e. The molecule has 0 spiro atoms. The van der Waals surface area contributed by atoms with Crippen LogP contribution in [0.5, 0.6) is 0 Å². The Morgan fingerprint density at radius 3 is 3.00 bits per heavy atom. The second-order valence-electron chi connectivity index (χ2n) is 2.59. The summed E-state index contributed by atoms with van der Waals surface area (Å²) in [5.74, 6) is -0.839. The molecule has 1 atom stereocenters. The highest BCUT2D eigenvalue weighted by atomic mass is 35.5. The first kappa shape index (κ1) is 9.06. The molecule has 0 saturated heterocycles. The minimum atomic E-state index is -0.839. The molecule has 0 aliphatic rings. The SMILES string of the molecule is CC(CC(=O)O)n1cc(Cl)cn1. The number of hydrogen-bond acceptors (Lipinski definition) is 2. The van der Waals surface area contributed by atoms with Crippen LogP contribution >= 0.6 is 11.6 Å². The molecule has 1 aromatic rings. The average molecular weight is 189 g/mol. The molecule has 1 N–H and O–H groups in total. The molecule has 1 heterocycles. The predicted octanol–water partition coefficient (Wildman–Crippen LogP) is 1.57. The monoisotopic (exact) mass is 188 g/mol. The lowest BCUT2D eigenvalue weighted by Crippen LogP contribution is -2.10. The molecule has 1 rings (SSSR count). The number of carboxylic acid groups (broad SMARTS) is 1. The van der Waals surface area contributed by atoms with Crippen LogP contribution in [-0.4, -0.2) is 20.9 Å². The molecule has 0 bridgehead atoms. The van der Waals surface area contributed by atoms with Crippen LogP contribution in [0, 0.1) is 0 Å². The number of halogens is 1. The van der Waals surface area contributed by atoms with Gasteiger partial charge in [-0.3, -0.25) is 9.48 Å². The maximum absolute atomic E-state index is 10.3. The third kappa shape index (κ3) is 2.23. The number of carboxylic acids is 1. The van der Waals surface area contributed by atoms with Gasteiger partial charge in [0.05, 0.1) is 23.7 Å². The van der Waals surface area contributed by atoms with E-state index in [2.05, 4.69) is 5.10 Å². The zero-order chi connectivity index (χ0) is 9.14. The van der Waals surface area contributed by atoms with Gasteiger partial charge in [0.25, 0.3) is 0 Å². The van der Waals surface area contributed by atoms with E-state index in [-0.39, 0.29) is 12.5 Å². The average Bonchev–Trinajstić information content (AvgIpc) is 2.34. The maximum atomic E-state index is 10.3. The molecule has 5 heteroatoms. The van der Waals surface area contributed by atoms with Crippen molar-refractivity contribution in [3.05, 3.63) is 17.4 Å². The van der Waals surface area contributed by atoms with Gasteiger partial charge < -0.3 is 5.11 Å². The van der Waals surface area contributed by atoms with Gasteiger partial charge in [-0.25, -0.2) is 0 Å². The highest BCUT2D eigenvalue weighted by Crippen LogP contribution is 2.13. The van der Waals surface area contributed by atoms with Crippen LogP contribution in [0.25, 0.3) is 0 Å². The van der Waals surface area contributed by atoms with E-state index in [1.54, 1.807) is 13.1 Å². The molecule has 0 radical (unpaired) electrons. The summed E-state index contributed by atoms with van der Waals surface area (Å²) in [6, 6.07) is -0.157. The molecule has 0 fully saturated rings. The van der Waals surface area contributed by atoms with Gasteiger partial charge in [0, 0.05) is 6.20 Å². The zero-order valence-electron chi connectivity index (χ0n) is 6.57. The number of nitrogens with zero attached hydrogens (tertiary/aromatic N) is 2. The summed E-state index contributed by atoms with van der Waals surface area (Å²) in [5, 5.41) is 12.9. The fraction of sp³-hybridized carbons (Fsp3) is 0.429. The van der Waals surface area contributed by atoms with E-state index in [1.807, 2.05) is 0 Å². The highest BCUT2D eigenvalue weighted by Gasteiger charge is 2.09. The molecule has 12 heavy (non-hydrogen) atoms. The van der Waals surface area contributed by atoms with Crippen molar-refractivity contribution in [2.24, 2.45) is 0 Å². The van der Waals surface area contributed by atoms with E-state index in [9.17, 15) is 4.79 Å². The Bertz CT molecular complexity index is 285. The van der Waals surface area contributed by atoms with Crippen molar-refractivity contribution >= 4 is 17.6 Å². The Morgan fingerprint density at radius 2 is 2.58 bits per heavy atom. The second kappa shape index (κ2) is 3.58. The van der Waals surface area contributed by atoms with Crippen molar-refractivity contribution in [3.8, 4) is 0 Å². The molecule has 4 nitrogen and oxygen atoms in total. The van der Waals surface area contributed by atoms with Gasteiger partial charge in [-0.05, 0) is 6.92 Å². The standard InChI is InChI=1S/C7H9ClN2O2/c1-5(2-7(11)12)10-4-6(8)3-9-10/h3-5H,2H2,1H3,(H,11,12). The molecule has 1 aromatic heterocycles. The van der Waals surface area contributed by atoms with E-state index in [4.69, 9.17) is 16.7 Å². The lowest BCUT2D eigenvalue weighted by molar-refractivity contribution is -0.137. The van der Waals surface area contributed by atoms with Crippen LogP contribution in [-0.2, 0) is 4.79 Å². The minimum Gasteiger partial charge on any atom is -0.481 e. The molecule has 0 amide bonds. The van der Waals surface area contributed by atoms with E-state index in [1.165, 1.54) is 10.9 Å². The van der Waals surface area contributed by atoms with Crippen LogP contribution in [0.4, 0.5) is 0 Å². The van der Waals surface area contributed by atoms with E-state index >= 15 is 0 Å². The van der Waals surface area contributed by atoms with Gasteiger partial charge in [0.1, 0.15) is 0 Å². The Kier molecular flexibility index (Phi) is 2.70. The lowest BCUT2D eigenvalue weighted by atomic mass is 10.2. The first-order valence-electron chi connectivity index (χ1n) is 3.51. The van der Waals surface area contributed by atoms with Gasteiger partial charge in [-0.2, -0.15) is 5.10 Å². The Morgan fingerprint density at radius 1 is 1.92 bits per heavy atom. The first-order valence-corrected chi connectivity index (χ1v) is 3.89. The van der Waals surface area contributed by atoms with E-state index < -0.39 is 5.97 Å². The van der Waals surface area contributed by atoms with Gasteiger partial charge in [0.2, 0.25) is 0 Å². The fourth-order valence-corrected chi connectivity index (χ4v) is 1.05. The van der Waals surface area contributed by atoms with E-state index in [0.29, 0.717) is 5.02 Å². The molecule has 1 unspecified atom stereocenters. The van der Waals surface area contributed by atoms with Crippen molar-refractivity contribution in [2.75, 3.05) is 0 Å². The minimum absolute atomic E-state index is 0.0536. The largest absolute Gasteiger partial charge is 0.481 e. The fourth-order valence-electron chi connectivity index (χ4n) is 0.902. The number of carbonyl (C=O) groups is 1. The third-order valence-electron chi connectivity index (χ3n) is 1.49. The van der Waals surface area contributed by atoms with Crippen molar-refractivity contribution in [2.45, 2.75) is 19.4 Å². The topological polar surface area (TPSA) is 55.1 Å². The van der Waals surface area contributed by atoms with Gasteiger partial charge in [-0.15, -0.1) is 0 Å². The first-order chi connectivity index (χ1) is 5.59. The summed E-state index contributed by atoms with van der Waals surface area (Å²) < 4.78 is 1.54. The summed E-state index contributed by atoms with van der Waals surface area (Å²) in [6.07, 6.45) is 3.15. The summed E-state index contributed by atoms with van der Waals surface area (Å²) in [7, 11) is 0. The summed E-state index contributed by atoms with van der Waals surface area (Å²) in [6.45, 7) is 1.78. The van der Waals surface area contributed by atoms with Crippen molar-refractivity contribution in [1.82, 2.24) is 9.78 Å². The Balaban J connectivity index is 2.64. The summed E-state index contributed by atoms with van der Waals surface area (Å²) in [4.78, 5) is 10.3. The molecular formula is C7H9ClN2O2. The molecule has 0 aromatic carbocycles. The summed E-state index contributed by atoms with van der Waals surface area (Å²) in [5.41, 5.74) is 0. The van der Waals surface area contributed by atoms with Gasteiger partial charge in [-0.1, -0.05) is 11.6 Å². The molecular weight excluding hydrogens is 180 g/mol. The molecule has 0 aliphatic carbocycles. The quantitative estimate of drug-likeness (QED) is 0.784. The molecule has 0 aliphatic heterocycles.